The number of carbonyl (C=O) groups excluding carboxylic acids is 1. The van der Waals surface area contributed by atoms with Crippen LogP contribution in [0.15, 0.2) is 40.3 Å². The molecule has 2 heterocycles. The van der Waals surface area contributed by atoms with Crippen LogP contribution in [0.1, 0.15) is 38.3 Å². The zero-order valence-corrected chi connectivity index (χ0v) is 16.5. The van der Waals surface area contributed by atoms with Gasteiger partial charge in [0.1, 0.15) is 18.1 Å². The lowest BCUT2D eigenvalue weighted by Gasteiger charge is -2.30. The molecule has 0 saturated carbocycles. The maximum absolute atomic E-state index is 12.8. The molecule has 7 nitrogen and oxygen atoms in total. The largest absolute Gasteiger partial charge is 0.496 e. The minimum absolute atomic E-state index is 0.300. The number of anilines is 1. The SMILES string of the molecule is CCCC1=C(C(=O)OCC)[C@@H](c2cc(Br)ccc2OC)n2ncnc2N1. The first-order valence-corrected chi connectivity index (χ1v) is 9.30. The van der Waals surface area contributed by atoms with Gasteiger partial charge >= 0.3 is 5.97 Å². The van der Waals surface area contributed by atoms with E-state index in [1.807, 2.05) is 18.2 Å². The molecule has 0 spiro atoms. The van der Waals surface area contributed by atoms with Gasteiger partial charge in [-0.1, -0.05) is 29.3 Å². The summed E-state index contributed by atoms with van der Waals surface area (Å²) in [5.74, 6) is 0.893. The molecular weight excluding hydrogens is 400 g/mol. The number of carbonyl (C=O) groups is 1. The maximum Gasteiger partial charge on any atom is 0.338 e. The van der Waals surface area contributed by atoms with E-state index in [0.717, 1.165) is 22.2 Å². The van der Waals surface area contributed by atoms with Crippen LogP contribution in [0.25, 0.3) is 0 Å². The van der Waals surface area contributed by atoms with E-state index in [1.165, 1.54) is 6.33 Å². The Morgan fingerprint density at radius 3 is 2.88 bits per heavy atom. The molecule has 2 aromatic rings. The van der Waals surface area contributed by atoms with Gasteiger partial charge in [-0.2, -0.15) is 10.1 Å². The van der Waals surface area contributed by atoms with Crippen LogP contribution in [0, 0.1) is 0 Å². The molecule has 1 aromatic heterocycles. The third kappa shape index (κ3) is 3.33. The monoisotopic (exact) mass is 420 g/mol. The summed E-state index contributed by atoms with van der Waals surface area (Å²) in [7, 11) is 1.61. The van der Waals surface area contributed by atoms with Crippen molar-refractivity contribution in [3.8, 4) is 5.75 Å². The predicted molar refractivity (Wildman–Crippen MR) is 101 cm³/mol. The van der Waals surface area contributed by atoms with Crippen molar-refractivity contribution < 1.29 is 14.3 Å². The number of hydrogen-bond acceptors (Lipinski definition) is 6. The van der Waals surface area contributed by atoms with Crippen molar-refractivity contribution >= 4 is 27.8 Å². The Hall–Kier alpha value is -2.35. The van der Waals surface area contributed by atoms with Gasteiger partial charge in [0.15, 0.2) is 0 Å². The Labute approximate surface area is 160 Å². The number of nitrogens with zero attached hydrogens (tertiary/aromatic N) is 3. The highest BCUT2D eigenvalue weighted by Crippen LogP contribution is 2.41. The van der Waals surface area contributed by atoms with Crippen molar-refractivity contribution in [2.75, 3.05) is 19.0 Å². The zero-order valence-electron chi connectivity index (χ0n) is 15.0. The summed E-state index contributed by atoms with van der Waals surface area (Å²) in [6.07, 6.45) is 3.05. The van der Waals surface area contributed by atoms with Gasteiger partial charge in [-0.3, -0.25) is 0 Å². The molecule has 0 amide bonds. The van der Waals surface area contributed by atoms with E-state index in [1.54, 1.807) is 18.7 Å². The summed E-state index contributed by atoms with van der Waals surface area (Å²) in [5, 5.41) is 7.57. The minimum atomic E-state index is -0.484. The Morgan fingerprint density at radius 2 is 2.19 bits per heavy atom. The number of hydrogen-bond donors (Lipinski definition) is 1. The molecule has 138 valence electrons. The molecule has 1 atom stereocenters. The van der Waals surface area contributed by atoms with Gasteiger partial charge in [0.25, 0.3) is 0 Å². The molecule has 8 heteroatoms. The summed E-state index contributed by atoms with van der Waals surface area (Å²) < 4.78 is 13.5. The fourth-order valence-corrected chi connectivity index (χ4v) is 3.49. The molecule has 0 fully saturated rings. The second kappa shape index (κ2) is 7.90. The van der Waals surface area contributed by atoms with E-state index >= 15 is 0 Å². The molecule has 1 aliphatic rings. The fraction of sp³-hybridized carbons (Fsp3) is 0.389. The molecule has 0 radical (unpaired) electrons. The first kappa shape index (κ1) is 18.4. The molecule has 26 heavy (non-hydrogen) atoms. The van der Waals surface area contributed by atoms with Crippen molar-refractivity contribution in [2.24, 2.45) is 0 Å². The Kier molecular flexibility index (Phi) is 5.61. The average molecular weight is 421 g/mol. The lowest BCUT2D eigenvalue weighted by atomic mass is 9.93. The second-order valence-corrected chi connectivity index (χ2v) is 6.72. The number of halogens is 1. The van der Waals surface area contributed by atoms with Crippen molar-refractivity contribution in [1.29, 1.82) is 0 Å². The normalized spacial score (nSPS) is 16.1. The van der Waals surface area contributed by atoms with Crippen LogP contribution in [0.3, 0.4) is 0 Å². The van der Waals surface area contributed by atoms with E-state index in [0.29, 0.717) is 30.3 Å². The average Bonchev–Trinajstić information content (AvgIpc) is 3.09. The highest BCUT2D eigenvalue weighted by molar-refractivity contribution is 9.10. The van der Waals surface area contributed by atoms with Crippen LogP contribution in [0.2, 0.25) is 0 Å². The highest BCUT2D eigenvalue weighted by Gasteiger charge is 2.36. The smallest absolute Gasteiger partial charge is 0.338 e. The van der Waals surface area contributed by atoms with Gasteiger partial charge in [-0.15, -0.1) is 0 Å². The van der Waals surface area contributed by atoms with Gasteiger partial charge in [-0.05, 0) is 31.5 Å². The van der Waals surface area contributed by atoms with Crippen LogP contribution in [-0.2, 0) is 9.53 Å². The van der Waals surface area contributed by atoms with Crippen LogP contribution < -0.4 is 10.1 Å². The Bertz CT molecular complexity index is 847. The van der Waals surface area contributed by atoms with E-state index in [4.69, 9.17) is 9.47 Å². The lowest BCUT2D eigenvalue weighted by molar-refractivity contribution is -0.139. The standard InChI is InChI=1S/C18H21BrN4O3/c1-4-6-13-15(17(24)26-5-2)16(23-18(22-13)20-10-21-23)12-9-11(19)7-8-14(12)25-3/h7-10,16H,4-6H2,1-3H3,(H,20,21,22)/t16-/m1/s1. The van der Waals surface area contributed by atoms with E-state index in [9.17, 15) is 4.79 Å². The first-order valence-electron chi connectivity index (χ1n) is 8.50. The minimum Gasteiger partial charge on any atom is -0.496 e. The molecule has 1 aromatic carbocycles. The van der Waals surface area contributed by atoms with E-state index in [-0.39, 0.29) is 5.97 Å². The Balaban J connectivity index is 2.24. The Morgan fingerprint density at radius 1 is 1.38 bits per heavy atom. The number of esters is 1. The summed E-state index contributed by atoms with van der Waals surface area (Å²) in [5.41, 5.74) is 2.15. The quantitative estimate of drug-likeness (QED) is 0.717. The van der Waals surface area contributed by atoms with Gasteiger partial charge in [0.2, 0.25) is 5.95 Å². The number of methoxy groups -OCH3 is 1. The summed E-state index contributed by atoms with van der Waals surface area (Å²) >= 11 is 3.51. The van der Waals surface area contributed by atoms with Gasteiger partial charge < -0.3 is 14.8 Å². The predicted octanol–water partition coefficient (Wildman–Crippen LogP) is 3.68. The molecule has 0 unspecified atom stereocenters. The topological polar surface area (TPSA) is 78.3 Å². The molecule has 0 bridgehead atoms. The number of rotatable bonds is 6. The van der Waals surface area contributed by atoms with Crippen LogP contribution >= 0.6 is 15.9 Å². The van der Waals surface area contributed by atoms with Crippen LogP contribution in [-0.4, -0.2) is 34.5 Å². The fourth-order valence-electron chi connectivity index (χ4n) is 3.12. The number of aromatic nitrogens is 3. The molecule has 0 saturated heterocycles. The van der Waals surface area contributed by atoms with E-state index < -0.39 is 6.04 Å². The second-order valence-electron chi connectivity index (χ2n) is 5.80. The van der Waals surface area contributed by atoms with Crippen molar-refractivity contribution in [3.63, 3.8) is 0 Å². The first-order chi connectivity index (χ1) is 12.6. The molecular formula is C18H21BrN4O3. The molecule has 3 rings (SSSR count). The van der Waals surface area contributed by atoms with Gasteiger partial charge in [0.05, 0.1) is 19.3 Å². The summed E-state index contributed by atoms with van der Waals surface area (Å²) in [6.45, 7) is 4.16. The van der Waals surface area contributed by atoms with Crippen molar-refractivity contribution in [2.45, 2.75) is 32.7 Å². The van der Waals surface area contributed by atoms with Gasteiger partial charge in [-0.25, -0.2) is 9.48 Å². The summed E-state index contributed by atoms with van der Waals surface area (Å²) in [4.78, 5) is 17.1. The third-order valence-electron chi connectivity index (χ3n) is 4.16. The van der Waals surface area contributed by atoms with E-state index in [2.05, 4.69) is 38.3 Å². The number of nitrogens with one attached hydrogen (secondary N) is 1. The number of ether oxygens (including phenoxy) is 2. The van der Waals surface area contributed by atoms with Crippen LogP contribution in [0.5, 0.6) is 5.75 Å². The van der Waals surface area contributed by atoms with Gasteiger partial charge in [0, 0.05) is 15.7 Å². The molecule has 1 N–H and O–H groups in total. The number of benzene rings is 1. The molecule has 0 aliphatic carbocycles. The van der Waals surface area contributed by atoms with Crippen LogP contribution in [0.4, 0.5) is 5.95 Å². The molecule has 1 aliphatic heterocycles. The highest BCUT2D eigenvalue weighted by atomic mass is 79.9. The third-order valence-corrected chi connectivity index (χ3v) is 4.65. The van der Waals surface area contributed by atoms with Crippen molar-refractivity contribution in [3.05, 3.63) is 45.8 Å². The summed E-state index contributed by atoms with van der Waals surface area (Å²) in [6, 6.07) is 5.21. The number of fused-ring (bicyclic) bond motifs is 1. The maximum atomic E-state index is 12.8. The zero-order chi connectivity index (χ0) is 18.7. The number of allylic oxidation sites excluding steroid dienone is 1. The van der Waals surface area contributed by atoms with Crippen molar-refractivity contribution in [1.82, 2.24) is 14.8 Å². The lowest BCUT2D eigenvalue weighted by Crippen LogP contribution is -2.30.